The van der Waals surface area contributed by atoms with Gasteiger partial charge in [0.2, 0.25) is 5.91 Å². The lowest BCUT2D eigenvalue weighted by atomic mass is 9.96. The van der Waals surface area contributed by atoms with E-state index in [0.717, 1.165) is 25.8 Å². The molecule has 0 aromatic carbocycles. The van der Waals surface area contributed by atoms with Crippen molar-refractivity contribution in [3.05, 3.63) is 0 Å². The van der Waals surface area contributed by atoms with E-state index in [1.54, 1.807) is 0 Å². The van der Waals surface area contributed by atoms with Crippen molar-refractivity contribution in [1.82, 2.24) is 4.90 Å². The first kappa shape index (κ1) is 9.65. The molecule has 0 aromatic heterocycles. The van der Waals surface area contributed by atoms with Gasteiger partial charge in [0.05, 0.1) is 5.92 Å². The summed E-state index contributed by atoms with van der Waals surface area (Å²) in [6.45, 7) is 1.96. The Balaban J connectivity index is 2.03. The second-order valence-corrected chi connectivity index (χ2v) is 4.16. The van der Waals surface area contributed by atoms with Crippen LogP contribution in [0, 0.1) is 11.8 Å². The first-order valence-electron chi connectivity index (χ1n) is 5.26. The summed E-state index contributed by atoms with van der Waals surface area (Å²) < 4.78 is 0. The Morgan fingerprint density at radius 2 is 2.14 bits per heavy atom. The molecule has 0 aromatic rings. The standard InChI is InChI=1S/C10H16N2O2/c11-4-1-5-12-6-7-2-3-8(9(7)13)10(12)14/h7-8H,1-6,11H2. The molecule has 4 nitrogen and oxygen atoms in total. The molecule has 1 amide bonds. The van der Waals surface area contributed by atoms with E-state index >= 15 is 0 Å². The van der Waals surface area contributed by atoms with Gasteiger partial charge in [-0.3, -0.25) is 9.59 Å². The number of hydrogen-bond acceptors (Lipinski definition) is 3. The Kier molecular flexibility index (Phi) is 2.54. The van der Waals surface area contributed by atoms with Crippen molar-refractivity contribution in [3.8, 4) is 0 Å². The Morgan fingerprint density at radius 1 is 1.36 bits per heavy atom. The second kappa shape index (κ2) is 3.69. The maximum atomic E-state index is 11.8. The summed E-state index contributed by atoms with van der Waals surface area (Å²) in [5.41, 5.74) is 5.40. The predicted molar refractivity (Wildman–Crippen MR) is 51.5 cm³/mol. The van der Waals surface area contributed by atoms with Crippen LogP contribution in [0.25, 0.3) is 0 Å². The minimum Gasteiger partial charge on any atom is -0.341 e. The third-order valence-corrected chi connectivity index (χ3v) is 3.23. The molecule has 0 radical (unpaired) electrons. The first-order chi connectivity index (χ1) is 6.74. The Morgan fingerprint density at radius 3 is 2.86 bits per heavy atom. The number of nitrogens with zero attached hydrogens (tertiary/aromatic N) is 1. The number of amides is 1. The van der Waals surface area contributed by atoms with Gasteiger partial charge in [-0.05, 0) is 25.8 Å². The molecular formula is C10H16N2O2. The van der Waals surface area contributed by atoms with E-state index in [4.69, 9.17) is 5.73 Å². The summed E-state index contributed by atoms with van der Waals surface area (Å²) in [5.74, 6) is 0.0261. The minimum atomic E-state index is -0.313. The van der Waals surface area contributed by atoms with Crippen molar-refractivity contribution in [3.63, 3.8) is 0 Å². The van der Waals surface area contributed by atoms with E-state index in [9.17, 15) is 9.59 Å². The van der Waals surface area contributed by atoms with Crippen molar-refractivity contribution in [2.75, 3.05) is 19.6 Å². The Labute approximate surface area is 83.4 Å². The molecular weight excluding hydrogens is 180 g/mol. The lowest BCUT2D eigenvalue weighted by molar-refractivity contribution is -0.145. The van der Waals surface area contributed by atoms with Gasteiger partial charge in [-0.2, -0.15) is 0 Å². The highest BCUT2D eigenvalue weighted by molar-refractivity contribution is 6.06. The summed E-state index contributed by atoms with van der Waals surface area (Å²) in [7, 11) is 0. The number of nitrogens with two attached hydrogens (primary N) is 1. The van der Waals surface area contributed by atoms with Gasteiger partial charge in [0.1, 0.15) is 5.78 Å². The number of piperidine rings is 1. The number of ketones is 1. The van der Waals surface area contributed by atoms with Gasteiger partial charge < -0.3 is 10.6 Å². The third-order valence-electron chi connectivity index (χ3n) is 3.23. The van der Waals surface area contributed by atoms with E-state index in [-0.39, 0.29) is 23.5 Å². The van der Waals surface area contributed by atoms with Crippen molar-refractivity contribution < 1.29 is 9.59 Å². The molecule has 1 heterocycles. The van der Waals surface area contributed by atoms with E-state index in [0.29, 0.717) is 13.1 Å². The maximum Gasteiger partial charge on any atom is 0.233 e. The minimum absolute atomic E-state index is 0.0391. The van der Waals surface area contributed by atoms with Crippen molar-refractivity contribution >= 4 is 11.7 Å². The Bertz CT molecular complexity index is 265. The molecule has 14 heavy (non-hydrogen) atoms. The van der Waals surface area contributed by atoms with E-state index < -0.39 is 0 Å². The summed E-state index contributed by atoms with van der Waals surface area (Å²) in [6.07, 6.45) is 2.50. The molecule has 2 N–H and O–H groups in total. The number of likely N-dealkylation sites (tertiary alicyclic amines) is 1. The average Bonchev–Trinajstić information content (AvgIpc) is 2.43. The summed E-state index contributed by atoms with van der Waals surface area (Å²) in [6, 6.07) is 0. The number of rotatable bonds is 3. The molecule has 1 saturated heterocycles. The van der Waals surface area contributed by atoms with Crippen LogP contribution in [0.4, 0.5) is 0 Å². The lowest BCUT2D eigenvalue weighted by Gasteiger charge is -2.30. The van der Waals surface area contributed by atoms with Crippen LogP contribution >= 0.6 is 0 Å². The quantitative estimate of drug-likeness (QED) is 0.634. The fourth-order valence-electron chi connectivity index (χ4n) is 2.42. The topological polar surface area (TPSA) is 63.4 Å². The fraction of sp³-hybridized carbons (Fsp3) is 0.800. The molecule has 0 spiro atoms. The van der Waals surface area contributed by atoms with Crippen LogP contribution in [0.1, 0.15) is 19.3 Å². The van der Waals surface area contributed by atoms with E-state index in [1.165, 1.54) is 0 Å². The van der Waals surface area contributed by atoms with Crippen LogP contribution in [0.2, 0.25) is 0 Å². The molecule has 1 saturated carbocycles. The summed E-state index contributed by atoms with van der Waals surface area (Å²) in [5, 5.41) is 0. The number of carbonyl (C=O) groups excluding carboxylic acids is 2. The van der Waals surface area contributed by atoms with Crippen molar-refractivity contribution in [1.29, 1.82) is 0 Å². The summed E-state index contributed by atoms with van der Waals surface area (Å²) >= 11 is 0. The smallest absolute Gasteiger partial charge is 0.233 e. The largest absolute Gasteiger partial charge is 0.341 e. The zero-order valence-corrected chi connectivity index (χ0v) is 8.24. The lowest BCUT2D eigenvalue weighted by Crippen LogP contribution is -2.47. The van der Waals surface area contributed by atoms with Crippen molar-refractivity contribution in [2.24, 2.45) is 17.6 Å². The zero-order valence-electron chi connectivity index (χ0n) is 8.24. The number of carbonyl (C=O) groups is 2. The van der Waals surface area contributed by atoms with Gasteiger partial charge in [-0.1, -0.05) is 0 Å². The van der Waals surface area contributed by atoms with Gasteiger partial charge in [0.25, 0.3) is 0 Å². The molecule has 1 aliphatic carbocycles. The molecule has 1 aliphatic heterocycles. The van der Waals surface area contributed by atoms with Gasteiger partial charge in [-0.25, -0.2) is 0 Å². The highest BCUT2D eigenvalue weighted by atomic mass is 16.2. The molecule has 2 atom stereocenters. The van der Waals surface area contributed by atoms with Crippen LogP contribution in [0.3, 0.4) is 0 Å². The second-order valence-electron chi connectivity index (χ2n) is 4.16. The van der Waals surface area contributed by atoms with Gasteiger partial charge in [0, 0.05) is 19.0 Å². The van der Waals surface area contributed by atoms with Crippen LogP contribution in [-0.2, 0) is 9.59 Å². The number of Topliss-reactive ketones (excluding diaryl/α,β-unsaturated/α-hetero) is 1. The highest BCUT2D eigenvalue weighted by Gasteiger charge is 2.45. The van der Waals surface area contributed by atoms with Crippen LogP contribution in [-0.4, -0.2) is 36.2 Å². The average molecular weight is 196 g/mol. The number of hydrogen-bond donors (Lipinski definition) is 1. The predicted octanol–water partition coefficient (Wildman–Crippen LogP) is -0.227. The van der Waals surface area contributed by atoms with Crippen LogP contribution in [0.5, 0.6) is 0 Å². The zero-order chi connectivity index (χ0) is 10.1. The molecule has 4 heteroatoms. The molecule has 2 rings (SSSR count). The summed E-state index contributed by atoms with van der Waals surface area (Å²) in [4.78, 5) is 25.1. The van der Waals surface area contributed by atoms with E-state index in [1.807, 2.05) is 4.90 Å². The third kappa shape index (κ3) is 1.43. The molecule has 2 unspecified atom stereocenters. The van der Waals surface area contributed by atoms with Gasteiger partial charge in [-0.15, -0.1) is 0 Å². The molecule has 2 aliphatic rings. The van der Waals surface area contributed by atoms with Gasteiger partial charge in [0.15, 0.2) is 0 Å². The maximum absolute atomic E-state index is 11.8. The highest BCUT2D eigenvalue weighted by Crippen LogP contribution is 2.34. The van der Waals surface area contributed by atoms with Gasteiger partial charge >= 0.3 is 0 Å². The normalized spacial score (nSPS) is 31.4. The number of fused-ring (bicyclic) bond motifs is 2. The molecule has 2 bridgehead atoms. The SMILES string of the molecule is NCCCN1CC2CCC(C2=O)C1=O. The fourth-order valence-corrected chi connectivity index (χ4v) is 2.42. The van der Waals surface area contributed by atoms with E-state index in [2.05, 4.69) is 0 Å². The molecule has 2 fully saturated rings. The Hall–Kier alpha value is -0.900. The first-order valence-corrected chi connectivity index (χ1v) is 5.26. The van der Waals surface area contributed by atoms with Crippen LogP contribution < -0.4 is 5.73 Å². The molecule has 78 valence electrons. The monoisotopic (exact) mass is 196 g/mol. The van der Waals surface area contributed by atoms with Crippen LogP contribution in [0.15, 0.2) is 0 Å². The van der Waals surface area contributed by atoms with Crippen molar-refractivity contribution in [2.45, 2.75) is 19.3 Å².